The van der Waals surface area contributed by atoms with Crippen molar-refractivity contribution in [3.63, 3.8) is 0 Å². The molecule has 2 aromatic heterocycles. The molecule has 1 saturated heterocycles. The van der Waals surface area contributed by atoms with E-state index >= 15 is 0 Å². The monoisotopic (exact) mass is 453 g/mol. The van der Waals surface area contributed by atoms with Crippen LogP contribution in [0.25, 0.3) is 10.2 Å². The van der Waals surface area contributed by atoms with Gasteiger partial charge >= 0.3 is 0 Å². The molecule has 0 bridgehead atoms. The van der Waals surface area contributed by atoms with Crippen LogP contribution in [-0.2, 0) is 11.3 Å². The zero-order valence-corrected chi connectivity index (χ0v) is 19.1. The maximum atomic E-state index is 13.7. The van der Waals surface area contributed by atoms with Crippen LogP contribution in [0.3, 0.4) is 0 Å². The molecule has 3 aromatic rings. The van der Waals surface area contributed by atoms with Crippen LogP contribution in [0.15, 0.2) is 41.8 Å². The van der Waals surface area contributed by atoms with Crippen molar-refractivity contribution in [3.05, 3.63) is 58.9 Å². The number of carbonyl (C=O) groups is 2. The largest absolute Gasteiger partial charge is 0.336 e. The Balaban J connectivity index is 1.36. The number of benzene rings is 1. The second-order valence-corrected chi connectivity index (χ2v) is 9.93. The van der Waals surface area contributed by atoms with Crippen LogP contribution < -0.4 is 0 Å². The van der Waals surface area contributed by atoms with Gasteiger partial charge in [-0.1, -0.05) is 25.0 Å². The number of nitrogens with zero attached hydrogens (tertiary/aromatic N) is 3. The van der Waals surface area contributed by atoms with E-state index in [2.05, 4.69) is 0 Å². The molecule has 2 aliphatic rings. The van der Waals surface area contributed by atoms with E-state index in [-0.39, 0.29) is 29.6 Å². The molecule has 1 aliphatic heterocycles. The second-order valence-electron chi connectivity index (χ2n) is 9.04. The lowest BCUT2D eigenvalue weighted by Crippen LogP contribution is -2.56. The molecule has 1 aliphatic carbocycles. The molecule has 1 saturated carbocycles. The average Bonchev–Trinajstić information content (AvgIpc) is 3.52. The summed E-state index contributed by atoms with van der Waals surface area (Å²) in [6.45, 7) is 4.15. The lowest BCUT2D eigenvalue weighted by molar-refractivity contribution is -0.139. The number of halogens is 1. The van der Waals surface area contributed by atoms with E-state index in [0.29, 0.717) is 31.9 Å². The second kappa shape index (κ2) is 8.70. The highest BCUT2D eigenvalue weighted by atomic mass is 32.1. The number of fused-ring (bicyclic) bond motifs is 1. The molecule has 168 valence electrons. The smallest absolute Gasteiger partial charge is 0.270 e. The van der Waals surface area contributed by atoms with Crippen molar-refractivity contribution in [3.8, 4) is 0 Å². The summed E-state index contributed by atoms with van der Waals surface area (Å²) in [4.78, 5) is 31.3. The summed E-state index contributed by atoms with van der Waals surface area (Å²) in [5, 5.41) is 3.04. The topological polar surface area (TPSA) is 45.6 Å². The van der Waals surface area contributed by atoms with Crippen molar-refractivity contribution in [1.82, 2.24) is 14.4 Å². The van der Waals surface area contributed by atoms with Crippen LogP contribution in [0.2, 0.25) is 0 Å². The first-order chi connectivity index (χ1) is 15.5. The van der Waals surface area contributed by atoms with Crippen LogP contribution in [0, 0.1) is 11.7 Å². The number of hydrogen-bond donors (Lipinski definition) is 0. The maximum absolute atomic E-state index is 13.7. The number of thiophene rings is 1. The fourth-order valence-electron chi connectivity index (χ4n) is 5.17. The van der Waals surface area contributed by atoms with Crippen molar-refractivity contribution in [2.75, 3.05) is 19.6 Å². The minimum absolute atomic E-state index is 0.00792. The maximum Gasteiger partial charge on any atom is 0.270 e. The third kappa shape index (κ3) is 3.94. The van der Waals surface area contributed by atoms with Gasteiger partial charge in [0.2, 0.25) is 5.91 Å². The highest BCUT2D eigenvalue weighted by Crippen LogP contribution is 2.30. The van der Waals surface area contributed by atoms with Gasteiger partial charge in [-0.3, -0.25) is 9.59 Å². The third-order valence-corrected chi connectivity index (χ3v) is 7.80. The van der Waals surface area contributed by atoms with Gasteiger partial charge in [0.25, 0.3) is 5.91 Å². The van der Waals surface area contributed by atoms with Gasteiger partial charge in [0.05, 0.1) is 0 Å². The average molecular weight is 454 g/mol. The molecule has 0 radical (unpaired) electrons. The zero-order valence-electron chi connectivity index (χ0n) is 18.3. The molecule has 3 heterocycles. The summed E-state index contributed by atoms with van der Waals surface area (Å²) >= 11 is 1.59. The Kier molecular flexibility index (Phi) is 5.76. The van der Waals surface area contributed by atoms with Crippen LogP contribution >= 0.6 is 11.3 Å². The first-order valence-electron chi connectivity index (χ1n) is 11.4. The summed E-state index contributed by atoms with van der Waals surface area (Å²) in [5.41, 5.74) is 1.45. The standard InChI is InChI=1S/C25H28FN3O2S/c1-17-15-27(10-11-28(17)23(30)19-6-2-3-7-19)24(31)22-14-20-9-12-32-25(20)29(22)16-18-5-4-8-21(26)13-18/h4-5,8-9,12-14,17,19H,2-3,6-7,10-11,15-16H2,1H3/t17-/m0/s1. The third-order valence-electron chi connectivity index (χ3n) is 6.85. The Morgan fingerprint density at radius 1 is 1.12 bits per heavy atom. The van der Waals surface area contributed by atoms with Gasteiger partial charge in [-0.15, -0.1) is 11.3 Å². The van der Waals surface area contributed by atoms with Gasteiger partial charge in [0, 0.05) is 43.5 Å². The highest BCUT2D eigenvalue weighted by Gasteiger charge is 2.35. The number of amides is 2. The molecule has 32 heavy (non-hydrogen) atoms. The van der Waals surface area contributed by atoms with Gasteiger partial charge < -0.3 is 14.4 Å². The van der Waals surface area contributed by atoms with Crippen LogP contribution in [0.4, 0.5) is 4.39 Å². The van der Waals surface area contributed by atoms with Gasteiger partial charge in [-0.2, -0.15) is 0 Å². The molecule has 7 heteroatoms. The van der Waals surface area contributed by atoms with E-state index in [4.69, 9.17) is 0 Å². The first kappa shape index (κ1) is 21.2. The summed E-state index contributed by atoms with van der Waals surface area (Å²) in [6.07, 6.45) is 4.27. The lowest BCUT2D eigenvalue weighted by atomic mass is 10.0. The molecule has 2 amide bonds. The van der Waals surface area contributed by atoms with E-state index in [1.165, 1.54) is 12.1 Å². The quantitative estimate of drug-likeness (QED) is 0.572. The fourth-order valence-corrected chi connectivity index (χ4v) is 6.06. The summed E-state index contributed by atoms with van der Waals surface area (Å²) in [6, 6.07) is 10.5. The highest BCUT2D eigenvalue weighted by molar-refractivity contribution is 7.16. The van der Waals surface area contributed by atoms with Crippen molar-refractivity contribution in [2.24, 2.45) is 5.92 Å². The molecule has 5 nitrogen and oxygen atoms in total. The molecule has 0 unspecified atom stereocenters. The Bertz CT molecular complexity index is 1150. The van der Waals surface area contributed by atoms with E-state index in [1.807, 2.05) is 44.9 Å². The van der Waals surface area contributed by atoms with E-state index in [1.54, 1.807) is 17.4 Å². The number of piperazine rings is 1. The fraction of sp³-hybridized carbons (Fsp3) is 0.440. The van der Waals surface area contributed by atoms with Crippen LogP contribution in [0.5, 0.6) is 0 Å². The minimum atomic E-state index is -0.276. The Labute approximate surface area is 191 Å². The van der Waals surface area contributed by atoms with E-state index in [9.17, 15) is 14.0 Å². The molecule has 1 aromatic carbocycles. The molecule has 2 fully saturated rings. The van der Waals surface area contributed by atoms with E-state index < -0.39 is 0 Å². The normalized spacial score (nSPS) is 19.8. The van der Waals surface area contributed by atoms with Gasteiger partial charge in [-0.05, 0) is 55.0 Å². The molecule has 0 N–H and O–H groups in total. The zero-order chi connectivity index (χ0) is 22.2. The molecular weight excluding hydrogens is 425 g/mol. The Morgan fingerprint density at radius 2 is 1.94 bits per heavy atom. The predicted octanol–water partition coefficient (Wildman–Crippen LogP) is 4.75. The summed E-state index contributed by atoms with van der Waals surface area (Å²) in [7, 11) is 0. The summed E-state index contributed by atoms with van der Waals surface area (Å²) < 4.78 is 15.7. The first-order valence-corrected chi connectivity index (χ1v) is 12.3. The summed E-state index contributed by atoms with van der Waals surface area (Å²) in [5.74, 6) is 0.124. The number of aromatic nitrogens is 1. The van der Waals surface area contributed by atoms with Crippen molar-refractivity contribution in [1.29, 1.82) is 0 Å². The van der Waals surface area contributed by atoms with Crippen molar-refractivity contribution in [2.45, 2.75) is 45.2 Å². The minimum Gasteiger partial charge on any atom is -0.336 e. The van der Waals surface area contributed by atoms with Gasteiger partial charge in [-0.25, -0.2) is 4.39 Å². The molecule has 0 spiro atoms. The van der Waals surface area contributed by atoms with Gasteiger partial charge in [0.1, 0.15) is 16.3 Å². The predicted molar refractivity (Wildman–Crippen MR) is 124 cm³/mol. The SMILES string of the molecule is C[C@H]1CN(C(=O)c2cc3ccsc3n2Cc2cccc(F)c2)CCN1C(=O)C1CCCC1. The number of rotatable bonds is 4. The van der Waals surface area contributed by atoms with Crippen molar-refractivity contribution < 1.29 is 14.0 Å². The Morgan fingerprint density at radius 3 is 2.69 bits per heavy atom. The Hall–Kier alpha value is -2.67. The van der Waals surface area contributed by atoms with Gasteiger partial charge in [0.15, 0.2) is 0 Å². The lowest BCUT2D eigenvalue weighted by Gasteiger charge is -2.41. The molecular formula is C25H28FN3O2S. The van der Waals surface area contributed by atoms with Crippen LogP contribution in [-0.4, -0.2) is 51.9 Å². The molecule has 5 rings (SSSR count). The number of carbonyl (C=O) groups excluding carboxylic acids is 2. The molecule has 1 atom stereocenters. The van der Waals surface area contributed by atoms with E-state index in [0.717, 1.165) is 41.5 Å². The van der Waals surface area contributed by atoms with Crippen molar-refractivity contribution >= 4 is 33.4 Å². The van der Waals surface area contributed by atoms with Crippen LogP contribution in [0.1, 0.15) is 48.7 Å². The number of hydrogen-bond acceptors (Lipinski definition) is 3.